The smallest absolute Gasteiger partial charge is 0.154 e. The number of anilines is 2. The summed E-state index contributed by atoms with van der Waals surface area (Å²) < 4.78 is 1.80. The number of pyridine rings is 1. The van der Waals surface area contributed by atoms with E-state index in [0.717, 1.165) is 28.1 Å². The molecule has 4 heterocycles. The van der Waals surface area contributed by atoms with Gasteiger partial charge in [-0.25, -0.2) is 4.98 Å². The molecule has 8 nitrogen and oxygen atoms in total. The molecule has 1 aliphatic rings. The molecule has 0 saturated heterocycles. The van der Waals surface area contributed by atoms with E-state index in [-0.39, 0.29) is 12.0 Å². The molecule has 0 fully saturated rings. The third kappa shape index (κ3) is 4.27. The summed E-state index contributed by atoms with van der Waals surface area (Å²) in [6.45, 7) is 6.92. The van der Waals surface area contributed by atoms with Crippen LogP contribution >= 0.6 is 0 Å². The van der Waals surface area contributed by atoms with Gasteiger partial charge in [-0.15, -0.1) is 5.10 Å². The number of rotatable bonds is 7. The van der Waals surface area contributed by atoms with Crippen LogP contribution in [-0.2, 0) is 11.3 Å². The maximum Gasteiger partial charge on any atom is 0.154 e. The number of carbonyl (C=O) groups excluding carboxylic acids is 1. The molecule has 2 unspecified atom stereocenters. The van der Waals surface area contributed by atoms with Crippen molar-refractivity contribution < 1.29 is 4.79 Å². The number of aromatic nitrogens is 5. The van der Waals surface area contributed by atoms with Gasteiger partial charge in [0.2, 0.25) is 0 Å². The lowest BCUT2D eigenvalue weighted by Crippen LogP contribution is -2.36. The summed E-state index contributed by atoms with van der Waals surface area (Å²) in [5, 5.41) is 17.6. The molecule has 1 N–H and O–H groups in total. The Morgan fingerprint density at radius 3 is 2.90 bits per heavy atom. The Kier molecular flexibility index (Phi) is 5.65. The predicted octanol–water partition coefficient (Wildman–Crippen LogP) is 2.11. The van der Waals surface area contributed by atoms with Crippen LogP contribution in [0.2, 0.25) is 0 Å². The normalized spacial score (nSPS) is 17.7. The fraction of sp³-hybridized carbons (Fsp3) is 0.364. The highest BCUT2D eigenvalue weighted by atomic mass is 16.1. The molecule has 0 amide bonds. The largest absolute Gasteiger partial charge is 0.323 e. The van der Waals surface area contributed by atoms with Gasteiger partial charge in [0.15, 0.2) is 5.82 Å². The van der Waals surface area contributed by atoms with Gasteiger partial charge in [0.05, 0.1) is 29.1 Å². The van der Waals surface area contributed by atoms with Gasteiger partial charge in [0, 0.05) is 25.1 Å². The lowest BCUT2D eigenvalue weighted by molar-refractivity contribution is -0.108. The second kappa shape index (κ2) is 8.52. The van der Waals surface area contributed by atoms with Crippen LogP contribution in [0.15, 0.2) is 41.8 Å². The Bertz CT molecular complexity index is 1170. The summed E-state index contributed by atoms with van der Waals surface area (Å²) in [7, 11) is 0. The van der Waals surface area contributed by atoms with Crippen molar-refractivity contribution in [3.8, 4) is 0 Å². The third-order valence-corrected chi connectivity index (χ3v) is 5.21. The SMILES string of the molecule is CC(C)c1cnnc(Nc2ccc3c(n2)=CC(c2cnn(CCC=O)c2)C(C)N=3)c1. The average molecular weight is 403 g/mol. The molecule has 0 saturated carbocycles. The zero-order valence-corrected chi connectivity index (χ0v) is 17.4. The second-order valence-electron chi connectivity index (χ2n) is 7.81. The topological polar surface area (TPSA) is 98.0 Å². The minimum absolute atomic E-state index is 0.0780. The molecule has 8 heteroatoms. The van der Waals surface area contributed by atoms with Gasteiger partial charge in [-0.1, -0.05) is 13.8 Å². The number of aldehydes is 1. The van der Waals surface area contributed by atoms with Gasteiger partial charge in [0.25, 0.3) is 0 Å². The number of fused-ring (bicyclic) bond motifs is 1. The predicted molar refractivity (Wildman–Crippen MR) is 114 cm³/mol. The maximum absolute atomic E-state index is 10.6. The van der Waals surface area contributed by atoms with Crippen molar-refractivity contribution in [2.45, 2.75) is 51.6 Å². The zero-order chi connectivity index (χ0) is 21.1. The highest BCUT2D eigenvalue weighted by molar-refractivity contribution is 5.52. The number of hydrogen-bond acceptors (Lipinski definition) is 7. The summed E-state index contributed by atoms with van der Waals surface area (Å²) in [6.07, 6.45) is 9.10. The van der Waals surface area contributed by atoms with Gasteiger partial charge >= 0.3 is 0 Å². The number of nitrogens with one attached hydrogen (secondary N) is 1. The lowest BCUT2D eigenvalue weighted by atomic mass is 9.93. The van der Waals surface area contributed by atoms with Gasteiger partial charge in [0.1, 0.15) is 12.1 Å². The first-order valence-corrected chi connectivity index (χ1v) is 10.2. The van der Waals surface area contributed by atoms with Crippen LogP contribution in [0.25, 0.3) is 6.08 Å². The van der Waals surface area contributed by atoms with E-state index in [9.17, 15) is 4.79 Å². The van der Waals surface area contributed by atoms with E-state index in [1.807, 2.05) is 30.6 Å². The Hall–Kier alpha value is -3.42. The highest BCUT2D eigenvalue weighted by Crippen LogP contribution is 2.24. The van der Waals surface area contributed by atoms with Crippen LogP contribution in [0.3, 0.4) is 0 Å². The molecule has 3 aromatic heterocycles. The second-order valence-corrected chi connectivity index (χ2v) is 7.81. The quantitative estimate of drug-likeness (QED) is 0.607. The van der Waals surface area contributed by atoms with E-state index in [4.69, 9.17) is 9.98 Å². The van der Waals surface area contributed by atoms with E-state index < -0.39 is 0 Å². The minimum Gasteiger partial charge on any atom is -0.323 e. The number of hydrogen-bond donors (Lipinski definition) is 1. The summed E-state index contributed by atoms with van der Waals surface area (Å²) in [4.78, 5) is 20.2. The first-order chi connectivity index (χ1) is 14.5. The van der Waals surface area contributed by atoms with E-state index >= 15 is 0 Å². The Labute approximate surface area is 174 Å². The Morgan fingerprint density at radius 2 is 2.10 bits per heavy atom. The van der Waals surface area contributed by atoms with Crippen LogP contribution in [0.4, 0.5) is 11.6 Å². The maximum atomic E-state index is 10.6. The molecule has 0 aliphatic carbocycles. The van der Waals surface area contributed by atoms with Crippen molar-refractivity contribution in [1.29, 1.82) is 0 Å². The minimum atomic E-state index is 0.0780. The van der Waals surface area contributed by atoms with E-state index in [1.165, 1.54) is 0 Å². The summed E-state index contributed by atoms with van der Waals surface area (Å²) in [6, 6.07) is 5.95. The number of nitrogens with zero attached hydrogens (tertiary/aromatic N) is 6. The van der Waals surface area contributed by atoms with E-state index in [1.54, 1.807) is 10.9 Å². The van der Waals surface area contributed by atoms with Gasteiger partial charge < -0.3 is 10.1 Å². The molecule has 1 aliphatic heterocycles. The molecule has 0 aromatic carbocycles. The highest BCUT2D eigenvalue weighted by Gasteiger charge is 2.21. The van der Waals surface area contributed by atoms with Crippen LogP contribution in [0.1, 0.15) is 50.2 Å². The fourth-order valence-electron chi connectivity index (χ4n) is 3.50. The molecule has 0 spiro atoms. The van der Waals surface area contributed by atoms with Crippen LogP contribution < -0.4 is 16.0 Å². The molecular formula is C22H25N7O. The Balaban J connectivity index is 1.61. The van der Waals surface area contributed by atoms with Crippen molar-refractivity contribution in [1.82, 2.24) is 25.0 Å². The molecule has 30 heavy (non-hydrogen) atoms. The average Bonchev–Trinajstić information content (AvgIpc) is 3.21. The number of aryl methyl sites for hydroxylation is 1. The van der Waals surface area contributed by atoms with Crippen molar-refractivity contribution >= 4 is 24.0 Å². The molecule has 0 radical (unpaired) electrons. The van der Waals surface area contributed by atoms with Crippen LogP contribution in [-0.4, -0.2) is 37.3 Å². The molecule has 154 valence electrons. The summed E-state index contributed by atoms with van der Waals surface area (Å²) in [5.41, 5.74) is 2.19. The zero-order valence-electron chi connectivity index (χ0n) is 17.4. The number of carbonyl (C=O) groups is 1. The first kappa shape index (κ1) is 19.9. The first-order valence-electron chi connectivity index (χ1n) is 10.2. The Morgan fingerprint density at radius 1 is 1.23 bits per heavy atom. The third-order valence-electron chi connectivity index (χ3n) is 5.21. The van der Waals surface area contributed by atoms with E-state index in [2.05, 4.69) is 47.5 Å². The lowest BCUT2D eigenvalue weighted by Gasteiger charge is -2.19. The molecule has 3 aromatic rings. The van der Waals surface area contributed by atoms with Gasteiger partial charge in [-0.05, 0) is 48.2 Å². The van der Waals surface area contributed by atoms with Crippen molar-refractivity contribution in [3.05, 3.63) is 58.6 Å². The van der Waals surface area contributed by atoms with Gasteiger partial charge in [-0.3, -0.25) is 9.67 Å². The summed E-state index contributed by atoms with van der Waals surface area (Å²) >= 11 is 0. The van der Waals surface area contributed by atoms with Gasteiger partial charge in [-0.2, -0.15) is 10.2 Å². The van der Waals surface area contributed by atoms with Crippen LogP contribution in [0, 0.1) is 0 Å². The fourth-order valence-corrected chi connectivity index (χ4v) is 3.50. The van der Waals surface area contributed by atoms with Crippen molar-refractivity contribution in [3.63, 3.8) is 0 Å². The van der Waals surface area contributed by atoms with Crippen molar-refractivity contribution in [2.24, 2.45) is 4.99 Å². The monoisotopic (exact) mass is 403 g/mol. The molecular weight excluding hydrogens is 378 g/mol. The van der Waals surface area contributed by atoms with Crippen molar-refractivity contribution in [2.75, 3.05) is 5.32 Å². The molecule has 2 atom stereocenters. The molecule has 4 rings (SSSR count). The van der Waals surface area contributed by atoms with Crippen LogP contribution in [0.5, 0.6) is 0 Å². The summed E-state index contributed by atoms with van der Waals surface area (Å²) in [5.74, 6) is 1.82. The van der Waals surface area contributed by atoms with E-state index in [0.29, 0.717) is 30.5 Å². The molecule has 0 bridgehead atoms. The standard InChI is InChI=1S/C22H25N7O/c1-14(2)16-9-22(28-23-11-16)27-21-6-5-19-20(26-21)10-18(15(3)25-19)17-12-24-29(13-17)7-4-8-30/h5-6,8-15,18H,4,7H2,1-3H3,(H,26,27,28).